The quantitative estimate of drug-likeness (QED) is 0.325. The van der Waals surface area contributed by atoms with Crippen LogP contribution < -0.4 is 24.8 Å². The van der Waals surface area contributed by atoms with E-state index in [1.807, 2.05) is 12.1 Å². The molecule has 1 atom stereocenters. The molecule has 1 heterocycles. The molecule has 1 aromatic rings. The molecule has 1 fully saturated rings. The van der Waals surface area contributed by atoms with Crippen molar-refractivity contribution in [3.05, 3.63) is 17.7 Å². The zero-order valence-corrected chi connectivity index (χ0v) is 19.4. The molecule has 7 nitrogen and oxygen atoms in total. The second-order valence-electron chi connectivity index (χ2n) is 7.91. The van der Waals surface area contributed by atoms with Gasteiger partial charge in [-0.2, -0.15) is 0 Å². The Labute approximate surface area is 182 Å². The average Bonchev–Trinajstić information content (AvgIpc) is 2.76. The van der Waals surface area contributed by atoms with Crippen molar-refractivity contribution in [2.45, 2.75) is 46.1 Å². The van der Waals surface area contributed by atoms with E-state index in [9.17, 15) is 0 Å². The van der Waals surface area contributed by atoms with E-state index in [0.717, 1.165) is 37.0 Å². The predicted molar refractivity (Wildman–Crippen MR) is 123 cm³/mol. The van der Waals surface area contributed by atoms with Gasteiger partial charge in [-0.3, -0.25) is 0 Å². The van der Waals surface area contributed by atoms with Gasteiger partial charge in [-0.05, 0) is 69.3 Å². The van der Waals surface area contributed by atoms with Crippen LogP contribution in [0, 0.1) is 5.92 Å². The number of ether oxygens (including phenoxy) is 3. The first-order chi connectivity index (χ1) is 14.6. The molecule has 170 valence electrons. The summed E-state index contributed by atoms with van der Waals surface area (Å²) in [4.78, 5) is 7.33. The molecule has 2 rings (SSSR count). The summed E-state index contributed by atoms with van der Waals surface area (Å²) in [6, 6.07) is 3.88. The largest absolute Gasteiger partial charge is 0.493 e. The molecule has 0 spiro atoms. The van der Waals surface area contributed by atoms with Crippen LogP contribution in [0.15, 0.2) is 17.1 Å². The van der Waals surface area contributed by atoms with Crippen LogP contribution in [0.4, 0.5) is 0 Å². The van der Waals surface area contributed by atoms with E-state index in [2.05, 4.69) is 29.4 Å². The third-order valence-corrected chi connectivity index (χ3v) is 5.42. The van der Waals surface area contributed by atoms with Crippen molar-refractivity contribution in [1.82, 2.24) is 15.5 Å². The van der Waals surface area contributed by atoms with Gasteiger partial charge in [0.25, 0.3) is 0 Å². The van der Waals surface area contributed by atoms with Gasteiger partial charge >= 0.3 is 0 Å². The van der Waals surface area contributed by atoms with Gasteiger partial charge in [0, 0.05) is 19.6 Å². The van der Waals surface area contributed by atoms with Crippen molar-refractivity contribution < 1.29 is 14.2 Å². The van der Waals surface area contributed by atoms with E-state index in [4.69, 9.17) is 19.2 Å². The number of piperidine rings is 1. The Bertz CT molecular complexity index is 641. The molecule has 30 heavy (non-hydrogen) atoms. The number of methoxy groups -OCH3 is 3. The lowest BCUT2D eigenvalue weighted by atomic mass is 10.0. The van der Waals surface area contributed by atoms with Crippen molar-refractivity contribution in [2.75, 3.05) is 54.1 Å². The van der Waals surface area contributed by atoms with Gasteiger partial charge in [-0.1, -0.05) is 6.92 Å². The summed E-state index contributed by atoms with van der Waals surface area (Å²) in [6.07, 6.45) is 5.08. The molecular formula is C23H40N4O3. The summed E-state index contributed by atoms with van der Waals surface area (Å²) in [5.41, 5.74) is 1.00. The molecule has 0 aromatic heterocycles. The highest BCUT2D eigenvalue weighted by Gasteiger charge is 2.15. The van der Waals surface area contributed by atoms with Crippen LogP contribution in [0.1, 0.15) is 45.1 Å². The number of unbranched alkanes of at least 4 members (excludes halogenated alkanes) is 1. The summed E-state index contributed by atoms with van der Waals surface area (Å²) in [7, 11) is 4.86. The number of guanidine groups is 1. The summed E-state index contributed by atoms with van der Waals surface area (Å²) in [5.74, 6) is 3.57. The van der Waals surface area contributed by atoms with Crippen LogP contribution in [0.25, 0.3) is 0 Å². The molecule has 1 saturated heterocycles. The molecule has 0 radical (unpaired) electrons. The van der Waals surface area contributed by atoms with E-state index >= 15 is 0 Å². The lowest BCUT2D eigenvalue weighted by molar-refractivity contribution is 0.181. The minimum atomic E-state index is 0.526. The molecule has 1 aliphatic heterocycles. The standard InChI is InChI=1S/C23H40N4O3/c1-6-24-23(25-11-7-8-12-27-13-9-10-18(2)17-27)26-16-19-14-20(28-3)22(30-5)21(15-19)29-4/h14-15,18H,6-13,16-17H2,1-5H3,(H2,24,25,26). The minimum Gasteiger partial charge on any atom is -0.493 e. The van der Waals surface area contributed by atoms with Crippen molar-refractivity contribution in [3.8, 4) is 17.2 Å². The number of hydrogen-bond donors (Lipinski definition) is 2. The Balaban J connectivity index is 1.85. The number of nitrogens with one attached hydrogen (secondary N) is 2. The van der Waals surface area contributed by atoms with Crippen molar-refractivity contribution in [1.29, 1.82) is 0 Å². The van der Waals surface area contributed by atoms with Gasteiger partial charge in [-0.15, -0.1) is 0 Å². The van der Waals surface area contributed by atoms with Crippen molar-refractivity contribution in [2.24, 2.45) is 10.9 Å². The smallest absolute Gasteiger partial charge is 0.203 e. The van der Waals surface area contributed by atoms with Crippen LogP contribution in [-0.4, -0.2) is 64.9 Å². The van der Waals surface area contributed by atoms with E-state index < -0.39 is 0 Å². The molecule has 1 aliphatic rings. The molecule has 0 saturated carbocycles. The average molecular weight is 421 g/mol. The third kappa shape index (κ3) is 7.59. The normalized spacial score (nSPS) is 17.5. The van der Waals surface area contributed by atoms with Gasteiger partial charge in [0.05, 0.1) is 27.9 Å². The molecule has 0 bridgehead atoms. The number of aliphatic imine (C=N–C) groups is 1. The highest BCUT2D eigenvalue weighted by atomic mass is 16.5. The van der Waals surface area contributed by atoms with Crippen molar-refractivity contribution >= 4 is 5.96 Å². The maximum atomic E-state index is 5.43. The Hall–Kier alpha value is -2.15. The Kier molecular flexibility index (Phi) is 10.6. The van der Waals surface area contributed by atoms with E-state index in [1.165, 1.54) is 38.9 Å². The number of rotatable bonds is 11. The van der Waals surface area contributed by atoms with Crippen LogP contribution >= 0.6 is 0 Å². The van der Waals surface area contributed by atoms with Crippen LogP contribution in [0.2, 0.25) is 0 Å². The molecular weight excluding hydrogens is 380 g/mol. The maximum absolute atomic E-state index is 5.43. The molecule has 7 heteroatoms. The fourth-order valence-corrected chi connectivity index (χ4v) is 3.90. The molecule has 0 aliphatic carbocycles. The van der Waals surface area contributed by atoms with Gasteiger partial charge < -0.3 is 29.7 Å². The Morgan fingerprint density at radius 1 is 1.10 bits per heavy atom. The monoisotopic (exact) mass is 420 g/mol. The van der Waals surface area contributed by atoms with Crippen LogP contribution in [-0.2, 0) is 6.54 Å². The predicted octanol–water partition coefficient (Wildman–Crippen LogP) is 3.28. The Morgan fingerprint density at radius 3 is 2.43 bits per heavy atom. The number of hydrogen-bond acceptors (Lipinski definition) is 5. The Morgan fingerprint density at radius 2 is 1.83 bits per heavy atom. The zero-order valence-electron chi connectivity index (χ0n) is 19.4. The summed E-state index contributed by atoms with van der Waals surface area (Å²) in [5, 5.41) is 6.77. The highest BCUT2D eigenvalue weighted by Crippen LogP contribution is 2.38. The third-order valence-electron chi connectivity index (χ3n) is 5.42. The number of benzene rings is 1. The van der Waals surface area contributed by atoms with Crippen molar-refractivity contribution in [3.63, 3.8) is 0 Å². The molecule has 1 aromatic carbocycles. The number of nitrogens with zero attached hydrogens (tertiary/aromatic N) is 2. The van der Waals surface area contributed by atoms with Crippen LogP contribution in [0.3, 0.4) is 0 Å². The van der Waals surface area contributed by atoms with E-state index in [1.54, 1.807) is 21.3 Å². The van der Waals surface area contributed by atoms with Gasteiger partial charge in [0.2, 0.25) is 5.75 Å². The van der Waals surface area contributed by atoms with E-state index in [0.29, 0.717) is 23.8 Å². The zero-order chi connectivity index (χ0) is 21.8. The molecule has 2 N–H and O–H groups in total. The van der Waals surface area contributed by atoms with E-state index in [-0.39, 0.29) is 0 Å². The summed E-state index contributed by atoms with van der Waals surface area (Å²) in [6.45, 7) is 10.4. The SMILES string of the molecule is CCNC(=NCc1cc(OC)c(OC)c(OC)c1)NCCCCN1CCCC(C)C1. The maximum Gasteiger partial charge on any atom is 0.203 e. The topological polar surface area (TPSA) is 67.4 Å². The van der Waals surface area contributed by atoms with Crippen LogP contribution in [0.5, 0.6) is 17.2 Å². The van der Waals surface area contributed by atoms with Gasteiger partial charge in [0.1, 0.15) is 0 Å². The fraction of sp³-hybridized carbons (Fsp3) is 0.696. The molecule has 0 amide bonds. The molecule has 1 unspecified atom stereocenters. The first kappa shape index (κ1) is 24.1. The summed E-state index contributed by atoms with van der Waals surface area (Å²) >= 11 is 0. The second-order valence-corrected chi connectivity index (χ2v) is 7.91. The first-order valence-corrected chi connectivity index (χ1v) is 11.1. The minimum absolute atomic E-state index is 0.526. The lowest BCUT2D eigenvalue weighted by Crippen LogP contribution is -2.38. The first-order valence-electron chi connectivity index (χ1n) is 11.1. The lowest BCUT2D eigenvalue weighted by Gasteiger charge is -2.30. The highest BCUT2D eigenvalue weighted by molar-refractivity contribution is 5.79. The fourth-order valence-electron chi connectivity index (χ4n) is 3.90. The second kappa shape index (κ2) is 13.2. The summed E-state index contributed by atoms with van der Waals surface area (Å²) < 4.78 is 16.3. The van der Waals surface area contributed by atoms with Gasteiger partial charge in [0.15, 0.2) is 17.5 Å². The number of likely N-dealkylation sites (tertiary alicyclic amines) is 1. The van der Waals surface area contributed by atoms with Gasteiger partial charge in [-0.25, -0.2) is 4.99 Å².